The normalized spacial score (nSPS) is 8.79. The molecular formula is C9H10N2O2S. The number of rotatable bonds is 2. The molecule has 0 atom stereocenters. The van der Waals surface area contributed by atoms with Crippen molar-refractivity contribution < 1.29 is 9.47 Å². The number of hydrogen-bond acceptors (Lipinski definition) is 5. The maximum absolute atomic E-state index is 5.03. The molecule has 0 aliphatic carbocycles. The van der Waals surface area contributed by atoms with Crippen molar-refractivity contribution in [1.82, 2.24) is 9.97 Å². The number of hydrogen-bond donors (Lipinski definition) is 1. The van der Waals surface area contributed by atoms with Gasteiger partial charge in [-0.2, -0.15) is 17.6 Å². The average Bonchev–Trinajstić information content (AvgIpc) is 2.26. The number of aromatic nitrogens is 2. The van der Waals surface area contributed by atoms with Gasteiger partial charge in [0.05, 0.1) is 26.2 Å². The maximum atomic E-state index is 5.03. The first kappa shape index (κ1) is 10.7. The van der Waals surface area contributed by atoms with E-state index in [-0.39, 0.29) is 6.01 Å². The van der Waals surface area contributed by atoms with E-state index in [1.165, 1.54) is 14.2 Å². The van der Waals surface area contributed by atoms with Crippen LogP contribution in [0.5, 0.6) is 11.9 Å². The van der Waals surface area contributed by atoms with Crippen molar-refractivity contribution in [2.24, 2.45) is 0 Å². The van der Waals surface area contributed by atoms with Gasteiger partial charge in [0, 0.05) is 0 Å². The Labute approximate surface area is 88.1 Å². The van der Waals surface area contributed by atoms with E-state index in [1.54, 1.807) is 6.20 Å². The predicted molar refractivity (Wildman–Crippen MR) is 55.9 cm³/mol. The molecule has 0 spiro atoms. The van der Waals surface area contributed by atoms with Crippen molar-refractivity contribution in [1.29, 1.82) is 0 Å². The van der Waals surface area contributed by atoms with Gasteiger partial charge in [-0.15, -0.1) is 0 Å². The van der Waals surface area contributed by atoms with Crippen molar-refractivity contribution >= 4 is 12.6 Å². The van der Waals surface area contributed by atoms with Gasteiger partial charge in [0.15, 0.2) is 0 Å². The monoisotopic (exact) mass is 210 g/mol. The largest absolute Gasteiger partial charge is 0.480 e. The third-order valence-electron chi connectivity index (χ3n) is 1.41. The Morgan fingerprint density at radius 3 is 2.79 bits per heavy atom. The molecule has 0 N–H and O–H groups in total. The molecule has 0 radical (unpaired) electrons. The van der Waals surface area contributed by atoms with Gasteiger partial charge in [-0.1, -0.05) is 11.8 Å². The van der Waals surface area contributed by atoms with E-state index in [0.717, 1.165) is 0 Å². The minimum absolute atomic E-state index is 0.262. The van der Waals surface area contributed by atoms with Crippen molar-refractivity contribution in [3.63, 3.8) is 0 Å². The van der Waals surface area contributed by atoms with E-state index < -0.39 is 0 Å². The molecule has 0 saturated heterocycles. The number of nitrogens with zero attached hydrogens (tertiary/aromatic N) is 2. The fraction of sp³-hybridized carbons (Fsp3) is 0.333. The molecular weight excluding hydrogens is 200 g/mol. The zero-order chi connectivity index (χ0) is 10.4. The van der Waals surface area contributed by atoms with Gasteiger partial charge in [0.1, 0.15) is 5.56 Å². The predicted octanol–water partition coefficient (Wildman–Crippen LogP) is 0.775. The van der Waals surface area contributed by atoms with Crippen LogP contribution in [-0.2, 0) is 0 Å². The highest BCUT2D eigenvalue weighted by Gasteiger charge is 2.04. The molecule has 4 nitrogen and oxygen atoms in total. The first-order valence-corrected chi connectivity index (χ1v) is 4.49. The van der Waals surface area contributed by atoms with Crippen molar-refractivity contribution in [2.45, 2.75) is 0 Å². The number of thiol groups is 1. The molecule has 0 aliphatic rings. The first-order valence-electron chi connectivity index (χ1n) is 3.86. The quantitative estimate of drug-likeness (QED) is 0.578. The van der Waals surface area contributed by atoms with Crippen LogP contribution in [0.25, 0.3) is 0 Å². The molecule has 74 valence electrons. The molecule has 0 aromatic carbocycles. The van der Waals surface area contributed by atoms with E-state index in [4.69, 9.17) is 9.47 Å². The fourth-order valence-corrected chi connectivity index (χ4v) is 0.904. The van der Waals surface area contributed by atoms with Crippen LogP contribution in [0.15, 0.2) is 6.20 Å². The summed E-state index contributed by atoms with van der Waals surface area (Å²) < 4.78 is 9.88. The lowest BCUT2D eigenvalue weighted by Crippen LogP contribution is -1.97. The molecule has 0 unspecified atom stereocenters. The van der Waals surface area contributed by atoms with Crippen LogP contribution in [0.3, 0.4) is 0 Å². The Bertz CT molecular complexity index is 371. The van der Waals surface area contributed by atoms with E-state index >= 15 is 0 Å². The maximum Gasteiger partial charge on any atom is 0.319 e. The summed E-state index contributed by atoms with van der Waals surface area (Å²) in [5, 5.41) is 0. The van der Waals surface area contributed by atoms with Crippen LogP contribution in [-0.4, -0.2) is 29.9 Å². The summed E-state index contributed by atoms with van der Waals surface area (Å²) in [5.74, 6) is 6.51. The molecule has 0 bridgehead atoms. The Morgan fingerprint density at radius 1 is 1.43 bits per heavy atom. The Hall–Kier alpha value is -1.41. The molecule has 0 fully saturated rings. The molecule has 1 aromatic heterocycles. The molecule has 1 heterocycles. The van der Waals surface area contributed by atoms with Crippen LogP contribution in [0, 0.1) is 11.8 Å². The number of methoxy groups -OCH3 is 2. The minimum atomic E-state index is 0.262. The van der Waals surface area contributed by atoms with Gasteiger partial charge in [-0.05, 0) is 0 Å². The zero-order valence-electron chi connectivity index (χ0n) is 7.94. The summed E-state index contributed by atoms with van der Waals surface area (Å²) >= 11 is 3.97. The lowest BCUT2D eigenvalue weighted by molar-refractivity contribution is 0.351. The molecule has 5 heteroatoms. The van der Waals surface area contributed by atoms with E-state index in [9.17, 15) is 0 Å². The van der Waals surface area contributed by atoms with Gasteiger partial charge >= 0.3 is 6.01 Å². The fourth-order valence-electron chi connectivity index (χ4n) is 0.825. The Kier molecular flexibility index (Phi) is 4.08. The highest BCUT2D eigenvalue weighted by atomic mass is 32.1. The summed E-state index contributed by atoms with van der Waals surface area (Å²) in [5.41, 5.74) is 0.627. The second kappa shape index (κ2) is 5.35. The standard InChI is InChI=1S/C9H10N2O2S/c1-12-8-7(4-3-5-14)6-10-9(11-8)13-2/h6,14H,5H2,1-2H3. The molecule has 0 amide bonds. The summed E-state index contributed by atoms with van der Waals surface area (Å²) in [6.45, 7) is 0. The summed E-state index contributed by atoms with van der Waals surface area (Å²) in [6.07, 6.45) is 1.56. The van der Waals surface area contributed by atoms with Gasteiger partial charge in [0.25, 0.3) is 0 Å². The SMILES string of the molecule is COc1ncc(C#CCS)c(OC)n1. The van der Waals surface area contributed by atoms with Crippen LogP contribution in [0.2, 0.25) is 0 Å². The molecule has 1 aromatic rings. The molecule has 0 saturated carbocycles. The Morgan fingerprint density at radius 2 is 2.21 bits per heavy atom. The zero-order valence-corrected chi connectivity index (χ0v) is 8.84. The van der Waals surface area contributed by atoms with E-state index in [2.05, 4.69) is 34.4 Å². The highest BCUT2D eigenvalue weighted by molar-refractivity contribution is 7.80. The van der Waals surface area contributed by atoms with Crippen LogP contribution in [0.4, 0.5) is 0 Å². The summed E-state index contributed by atoms with van der Waals surface area (Å²) in [6, 6.07) is 0.262. The second-order valence-corrected chi connectivity index (χ2v) is 2.56. The van der Waals surface area contributed by atoms with Crippen molar-refractivity contribution in [3.8, 4) is 23.7 Å². The Balaban J connectivity index is 3.05. The van der Waals surface area contributed by atoms with E-state index in [1.807, 2.05) is 0 Å². The average molecular weight is 210 g/mol. The molecule has 0 aliphatic heterocycles. The van der Waals surface area contributed by atoms with Crippen LogP contribution in [0.1, 0.15) is 5.56 Å². The molecule has 1 rings (SSSR count). The van der Waals surface area contributed by atoms with Gasteiger partial charge in [-0.3, -0.25) is 0 Å². The van der Waals surface area contributed by atoms with Crippen molar-refractivity contribution in [2.75, 3.05) is 20.0 Å². The third kappa shape index (κ3) is 2.54. The van der Waals surface area contributed by atoms with Gasteiger partial charge < -0.3 is 9.47 Å². The molecule has 14 heavy (non-hydrogen) atoms. The van der Waals surface area contributed by atoms with Gasteiger partial charge in [-0.25, -0.2) is 4.98 Å². The van der Waals surface area contributed by atoms with E-state index in [0.29, 0.717) is 17.2 Å². The smallest absolute Gasteiger partial charge is 0.319 e. The number of ether oxygens (including phenoxy) is 2. The minimum Gasteiger partial charge on any atom is -0.480 e. The first-order chi connectivity index (χ1) is 6.81. The highest BCUT2D eigenvalue weighted by Crippen LogP contribution is 2.15. The summed E-state index contributed by atoms with van der Waals surface area (Å²) in [7, 11) is 3.02. The third-order valence-corrected chi connectivity index (χ3v) is 1.57. The second-order valence-electron chi connectivity index (χ2n) is 2.24. The van der Waals surface area contributed by atoms with Gasteiger partial charge in [0.2, 0.25) is 5.88 Å². The van der Waals surface area contributed by atoms with Crippen LogP contribution >= 0.6 is 12.6 Å². The van der Waals surface area contributed by atoms with Crippen molar-refractivity contribution in [3.05, 3.63) is 11.8 Å². The van der Waals surface area contributed by atoms with Crippen LogP contribution < -0.4 is 9.47 Å². The topological polar surface area (TPSA) is 44.2 Å². The lowest BCUT2D eigenvalue weighted by Gasteiger charge is -2.02. The summed E-state index contributed by atoms with van der Waals surface area (Å²) in [4.78, 5) is 7.90. The lowest BCUT2D eigenvalue weighted by atomic mass is 10.3.